The number of thioether (sulfide) groups is 1. The Bertz CT molecular complexity index is 340. The molecule has 3 nitrogen and oxygen atoms in total. The van der Waals surface area contributed by atoms with Gasteiger partial charge in [-0.3, -0.25) is 4.79 Å². The molecule has 0 aromatic carbocycles. The maximum absolute atomic E-state index is 10.6. The van der Waals surface area contributed by atoms with Crippen LogP contribution in [0.2, 0.25) is 0 Å². The van der Waals surface area contributed by atoms with Gasteiger partial charge in [-0.1, -0.05) is 0 Å². The summed E-state index contributed by atoms with van der Waals surface area (Å²) in [6.45, 7) is 2.10. The van der Waals surface area contributed by atoms with E-state index in [0.29, 0.717) is 5.25 Å². The Kier molecular flexibility index (Phi) is 3.66. The summed E-state index contributed by atoms with van der Waals surface area (Å²) >= 11 is 3.29. The standard InChI is InChI=1S/C10H13NO2S2/c12-5-9-3-8(7-15-9)11-1-2-14-10(4-11)6-13/h3,5,7,10,13H,1-2,4,6H2. The van der Waals surface area contributed by atoms with Gasteiger partial charge in [-0.05, 0) is 6.07 Å². The Balaban J connectivity index is 2.06. The van der Waals surface area contributed by atoms with Crippen molar-refractivity contribution in [1.29, 1.82) is 0 Å². The van der Waals surface area contributed by atoms with Crippen LogP contribution < -0.4 is 4.90 Å². The van der Waals surface area contributed by atoms with Gasteiger partial charge in [0.25, 0.3) is 0 Å². The van der Waals surface area contributed by atoms with Crippen molar-refractivity contribution in [2.75, 3.05) is 30.3 Å². The minimum atomic E-state index is 0.228. The predicted octanol–water partition coefficient (Wildman–Crippen LogP) is 1.47. The summed E-state index contributed by atoms with van der Waals surface area (Å²) in [7, 11) is 0. The zero-order chi connectivity index (χ0) is 10.7. The molecule has 1 saturated heterocycles. The molecular formula is C10H13NO2S2. The highest BCUT2D eigenvalue weighted by Gasteiger charge is 2.20. The first-order valence-corrected chi connectivity index (χ1v) is 6.77. The molecule has 1 aromatic rings. The number of carbonyl (C=O) groups is 1. The summed E-state index contributed by atoms with van der Waals surface area (Å²) in [5.41, 5.74) is 1.11. The van der Waals surface area contributed by atoms with E-state index in [1.54, 1.807) is 0 Å². The molecule has 0 saturated carbocycles. The highest BCUT2D eigenvalue weighted by Crippen LogP contribution is 2.27. The van der Waals surface area contributed by atoms with Crippen molar-refractivity contribution in [3.8, 4) is 0 Å². The topological polar surface area (TPSA) is 40.5 Å². The van der Waals surface area contributed by atoms with Crippen LogP contribution in [0.15, 0.2) is 11.4 Å². The first kappa shape index (κ1) is 11.0. The minimum absolute atomic E-state index is 0.228. The van der Waals surface area contributed by atoms with Gasteiger partial charge in [-0.25, -0.2) is 0 Å². The number of aldehydes is 1. The minimum Gasteiger partial charge on any atom is -0.395 e. The lowest BCUT2D eigenvalue weighted by Gasteiger charge is -2.32. The van der Waals surface area contributed by atoms with E-state index in [-0.39, 0.29) is 6.61 Å². The SMILES string of the molecule is O=Cc1cc(N2CCSC(CO)C2)cs1. The number of anilines is 1. The molecule has 0 bridgehead atoms. The zero-order valence-electron chi connectivity index (χ0n) is 8.26. The molecule has 1 unspecified atom stereocenters. The monoisotopic (exact) mass is 243 g/mol. The van der Waals surface area contributed by atoms with E-state index in [2.05, 4.69) is 4.90 Å². The average Bonchev–Trinajstić information content (AvgIpc) is 2.78. The molecule has 2 rings (SSSR count). The van der Waals surface area contributed by atoms with Gasteiger partial charge in [0.1, 0.15) is 0 Å². The van der Waals surface area contributed by atoms with Crippen molar-refractivity contribution in [2.24, 2.45) is 0 Å². The number of rotatable bonds is 3. The smallest absolute Gasteiger partial charge is 0.160 e. The van der Waals surface area contributed by atoms with Crippen molar-refractivity contribution in [2.45, 2.75) is 5.25 Å². The van der Waals surface area contributed by atoms with Crippen LogP contribution in [-0.2, 0) is 0 Å². The zero-order valence-corrected chi connectivity index (χ0v) is 9.89. The maximum atomic E-state index is 10.6. The molecular weight excluding hydrogens is 230 g/mol. The van der Waals surface area contributed by atoms with Gasteiger partial charge in [0.15, 0.2) is 6.29 Å². The summed E-state index contributed by atoms with van der Waals surface area (Å²) < 4.78 is 0. The third-order valence-corrected chi connectivity index (χ3v) is 4.46. The summed E-state index contributed by atoms with van der Waals surface area (Å²) in [4.78, 5) is 13.6. The fourth-order valence-corrected chi connectivity index (χ4v) is 3.40. The normalized spacial score (nSPS) is 21.7. The van der Waals surface area contributed by atoms with Gasteiger partial charge >= 0.3 is 0 Å². The lowest BCUT2D eigenvalue weighted by molar-refractivity contribution is 0.112. The quantitative estimate of drug-likeness (QED) is 0.816. The van der Waals surface area contributed by atoms with Gasteiger partial charge in [0.05, 0.1) is 11.5 Å². The second-order valence-electron chi connectivity index (χ2n) is 3.45. The average molecular weight is 243 g/mol. The van der Waals surface area contributed by atoms with E-state index >= 15 is 0 Å². The van der Waals surface area contributed by atoms with Crippen molar-refractivity contribution >= 4 is 35.1 Å². The van der Waals surface area contributed by atoms with Crippen LogP contribution in [-0.4, -0.2) is 42.1 Å². The van der Waals surface area contributed by atoms with Crippen LogP contribution in [0.4, 0.5) is 5.69 Å². The van der Waals surface area contributed by atoms with Crippen LogP contribution in [0.1, 0.15) is 9.67 Å². The Labute approximate surface area is 97.1 Å². The van der Waals surface area contributed by atoms with Gasteiger partial charge < -0.3 is 10.0 Å². The molecule has 0 aliphatic carbocycles. The summed E-state index contributed by atoms with van der Waals surface area (Å²) in [5.74, 6) is 1.04. The van der Waals surface area contributed by atoms with E-state index in [9.17, 15) is 4.79 Å². The molecule has 1 aromatic heterocycles. The van der Waals surface area contributed by atoms with Crippen molar-refractivity contribution < 1.29 is 9.90 Å². The predicted molar refractivity (Wildman–Crippen MR) is 65.3 cm³/mol. The second kappa shape index (κ2) is 5.01. The molecule has 1 aliphatic heterocycles. The molecule has 0 amide bonds. The van der Waals surface area contributed by atoms with E-state index in [0.717, 1.165) is 35.7 Å². The Hall–Kier alpha value is -0.520. The van der Waals surface area contributed by atoms with Crippen LogP contribution in [0, 0.1) is 0 Å². The van der Waals surface area contributed by atoms with Crippen LogP contribution >= 0.6 is 23.1 Å². The summed E-state index contributed by atoms with van der Waals surface area (Å²) in [5, 5.41) is 11.4. The lowest BCUT2D eigenvalue weighted by Crippen LogP contribution is -2.39. The number of hydrogen-bond acceptors (Lipinski definition) is 5. The first-order valence-electron chi connectivity index (χ1n) is 4.84. The highest BCUT2D eigenvalue weighted by atomic mass is 32.2. The van der Waals surface area contributed by atoms with Gasteiger partial charge in [0.2, 0.25) is 0 Å². The largest absolute Gasteiger partial charge is 0.395 e. The number of hydrogen-bond donors (Lipinski definition) is 1. The number of aliphatic hydroxyl groups is 1. The molecule has 1 N–H and O–H groups in total. The van der Waals surface area contributed by atoms with Crippen LogP contribution in [0.25, 0.3) is 0 Å². The van der Waals surface area contributed by atoms with Gasteiger partial charge in [-0.15, -0.1) is 11.3 Å². The highest BCUT2D eigenvalue weighted by molar-refractivity contribution is 8.00. The van der Waals surface area contributed by atoms with E-state index in [4.69, 9.17) is 5.11 Å². The second-order valence-corrected chi connectivity index (χ2v) is 5.80. The maximum Gasteiger partial charge on any atom is 0.160 e. The molecule has 82 valence electrons. The number of thiophene rings is 1. The molecule has 0 radical (unpaired) electrons. The van der Waals surface area contributed by atoms with Gasteiger partial charge in [-0.2, -0.15) is 11.8 Å². The Morgan fingerprint density at radius 3 is 3.20 bits per heavy atom. The van der Waals surface area contributed by atoms with Crippen molar-refractivity contribution in [3.63, 3.8) is 0 Å². The number of aliphatic hydroxyl groups excluding tert-OH is 1. The van der Waals surface area contributed by atoms with Crippen LogP contribution in [0.3, 0.4) is 0 Å². The van der Waals surface area contributed by atoms with Gasteiger partial charge in [0, 0.05) is 35.2 Å². The summed E-state index contributed by atoms with van der Waals surface area (Å²) in [6, 6.07) is 1.92. The van der Waals surface area contributed by atoms with Crippen molar-refractivity contribution in [3.05, 3.63) is 16.3 Å². The van der Waals surface area contributed by atoms with E-state index in [1.807, 2.05) is 23.2 Å². The van der Waals surface area contributed by atoms with Crippen molar-refractivity contribution in [1.82, 2.24) is 0 Å². The molecule has 2 heterocycles. The fourth-order valence-electron chi connectivity index (χ4n) is 1.63. The Morgan fingerprint density at radius 2 is 2.53 bits per heavy atom. The van der Waals surface area contributed by atoms with Crippen LogP contribution in [0.5, 0.6) is 0 Å². The molecule has 15 heavy (non-hydrogen) atoms. The molecule has 1 aliphatic rings. The third kappa shape index (κ3) is 2.53. The third-order valence-electron chi connectivity index (χ3n) is 2.43. The molecule has 1 fully saturated rings. The van der Waals surface area contributed by atoms with E-state index < -0.39 is 0 Å². The number of nitrogens with zero attached hydrogens (tertiary/aromatic N) is 1. The summed E-state index contributed by atoms with van der Waals surface area (Å²) in [6.07, 6.45) is 0.885. The fraction of sp³-hybridized carbons (Fsp3) is 0.500. The Morgan fingerprint density at radius 1 is 1.67 bits per heavy atom. The molecule has 1 atom stereocenters. The number of carbonyl (C=O) groups excluding carboxylic acids is 1. The molecule has 0 spiro atoms. The first-order chi connectivity index (χ1) is 7.33. The molecule has 5 heteroatoms. The lowest BCUT2D eigenvalue weighted by atomic mass is 10.3. The van der Waals surface area contributed by atoms with E-state index in [1.165, 1.54) is 11.3 Å².